The minimum absolute atomic E-state index is 0.0530. The highest BCUT2D eigenvalue weighted by Gasteiger charge is 2.17. The molecule has 0 saturated carbocycles. The highest BCUT2D eigenvalue weighted by Crippen LogP contribution is 2.25. The molecule has 0 aliphatic carbocycles. The summed E-state index contributed by atoms with van der Waals surface area (Å²) in [5.74, 6) is -0.152. The van der Waals surface area contributed by atoms with Crippen molar-refractivity contribution in [3.63, 3.8) is 0 Å². The average Bonchev–Trinajstić information content (AvgIpc) is 3.09. The van der Waals surface area contributed by atoms with Crippen LogP contribution < -0.4 is 20.3 Å². The van der Waals surface area contributed by atoms with Crippen LogP contribution in [0.2, 0.25) is 0 Å². The first kappa shape index (κ1) is 24.1. The number of aromatic hydroxyl groups is 1. The second-order valence-corrected chi connectivity index (χ2v) is 8.56. The summed E-state index contributed by atoms with van der Waals surface area (Å²) < 4.78 is 5.14. The van der Waals surface area contributed by atoms with Gasteiger partial charge in [0.2, 0.25) is 0 Å². The largest absolute Gasteiger partial charge is 0.508 e. The number of phenols is 1. The van der Waals surface area contributed by atoms with Crippen molar-refractivity contribution in [3.8, 4) is 11.5 Å². The number of hydrogen-bond donors (Lipinski definition) is 3. The van der Waals surface area contributed by atoms with Gasteiger partial charge in [-0.05, 0) is 80.7 Å². The van der Waals surface area contributed by atoms with Crippen LogP contribution in [0.4, 0.5) is 17.1 Å². The topological polar surface area (TPSA) is 94.1 Å². The first-order valence-electron chi connectivity index (χ1n) is 11.6. The molecule has 1 fully saturated rings. The van der Waals surface area contributed by atoms with E-state index in [4.69, 9.17) is 4.74 Å². The van der Waals surface area contributed by atoms with E-state index in [0.717, 1.165) is 38.3 Å². The van der Waals surface area contributed by atoms with Gasteiger partial charge in [-0.3, -0.25) is 9.59 Å². The molecule has 0 aromatic heterocycles. The fourth-order valence-electron chi connectivity index (χ4n) is 4.03. The maximum Gasteiger partial charge on any atom is 0.257 e. The van der Waals surface area contributed by atoms with E-state index in [9.17, 15) is 14.7 Å². The molecule has 0 unspecified atom stereocenters. The van der Waals surface area contributed by atoms with Crippen LogP contribution in [0.25, 0.3) is 0 Å². The van der Waals surface area contributed by atoms with Crippen LogP contribution in [0.1, 0.15) is 27.1 Å². The van der Waals surface area contributed by atoms with Crippen molar-refractivity contribution in [1.82, 2.24) is 4.90 Å². The van der Waals surface area contributed by atoms with Crippen LogP contribution in [-0.4, -0.2) is 62.2 Å². The Morgan fingerprint density at radius 2 is 1.60 bits per heavy atom. The van der Waals surface area contributed by atoms with Gasteiger partial charge in [0.1, 0.15) is 11.5 Å². The minimum atomic E-state index is -0.410. The van der Waals surface area contributed by atoms with Gasteiger partial charge in [0.05, 0.1) is 18.4 Å². The summed E-state index contributed by atoms with van der Waals surface area (Å²) in [6, 6.07) is 18.6. The van der Waals surface area contributed by atoms with E-state index < -0.39 is 5.91 Å². The summed E-state index contributed by atoms with van der Waals surface area (Å²) in [6.07, 6.45) is 1.09. The van der Waals surface area contributed by atoms with Crippen molar-refractivity contribution in [2.24, 2.45) is 0 Å². The van der Waals surface area contributed by atoms with E-state index in [-0.39, 0.29) is 22.9 Å². The summed E-state index contributed by atoms with van der Waals surface area (Å²) in [5, 5.41) is 15.5. The second-order valence-electron chi connectivity index (χ2n) is 8.56. The van der Waals surface area contributed by atoms with Gasteiger partial charge in [0, 0.05) is 42.6 Å². The van der Waals surface area contributed by atoms with Gasteiger partial charge in [0.25, 0.3) is 11.8 Å². The van der Waals surface area contributed by atoms with Gasteiger partial charge >= 0.3 is 0 Å². The second kappa shape index (κ2) is 10.9. The Labute approximate surface area is 205 Å². The number of ether oxygens (including phenoxy) is 1. The molecule has 3 aromatic carbocycles. The highest BCUT2D eigenvalue weighted by molar-refractivity contribution is 6.12. The summed E-state index contributed by atoms with van der Waals surface area (Å²) >= 11 is 0. The zero-order chi connectivity index (χ0) is 24.8. The quantitative estimate of drug-likeness (QED) is 0.499. The molecule has 35 heavy (non-hydrogen) atoms. The zero-order valence-electron chi connectivity index (χ0n) is 20.0. The van der Waals surface area contributed by atoms with Gasteiger partial charge in [-0.25, -0.2) is 0 Å². The molecule has 3 aromatic rings. The number of carbonyl (C=O) groups excluding carboxylic acids is 2. The highest BCUT2D eigenvalue weighted by atomic mass is 16.5. The predicted molar refractivity (Wildman–Crippen MR) is 138 cm³/mol. The van der Waals surface area contributed by atoms with Gasteiger partial charge < -0.3 is 30.3 Å². The number of carbonyl (C=O) groups is 2. The molecular weight excluding hydrogens is 444 g/mol. The van der Waals surface area contributed by atoms with Crippen molar-refractivity contribution in [2.45, 2.75) is 6.42 Å². The molecule has 0 radical (unpaired) electrons. The Morgan fingerprint density at radius 3 is 2.31 bits per heavy atom. The Morgan fingerprint density at radius 1 is 0.857 bits per heavy atom. The molecule has 4 rings (SSSR count). The lowest BCUT2D eigenvalue weighted by Gasteiger charge is -2.23. The molecule has 3 N–H and O–H groups in total. The Bertz CT molecular complexity index is 1180. The average molecular weight is 475 g/mol. The predicted octanol–water partition coefficient (Wildman–Crippen LogP) is 4.05. The molecular formula is C27H30N4O4. The van der Waals surface area contributed by atoms with E-state index in [1.807, 2.05) is 12.1 Å². The molecule has 8 nitrogen and oxygen atoms in total. The third kappa shape index (κ3) is 6.10. The summed E-state index contributed by atoms with van der Waals surface area (Å²) in [4.78, 5) is 30.5. The van der Waals surface area contributed by atoms with E-state index >= 15 is 0 Å². The van der Waals surface area contributed by atoms with Crippen molar-refractivity contribution in [3.05, 3.63) is 77.9 Å². The lowest BCUT2D eigenvalue weighted by molar-refractivity contribution is 0.102. The monoisotopic (exact) mass is 474 g/mol. The molecule has 0 atom stereocenters. The van der Waals surface area contributed by atoms with Crippen LogP contribution in [0.5, 0.6) is 11.5 Å². The Hall–Kier alpha value is -4.04. The van der Waals surface area contributed by atoms with Crippen molar-refractivity contribution in [2.75, 3.05) is 55.9 Å². The number of benzene rings is 3. The number of likely N-dealkylation sites (N-methyl/N-ethyl adjacent to an activating group) is 1. The van der Waals surface area contributed by atoms with E-state index in [1.54, 1.807) is 43.5 Å². The maximum absolute atomic E-state index is 13.0. The Balaban J connectivity index is 1.47. The number of hydrogen-bond acceptors (Lipinski definition) is 6. The molecule has 1 aliphatic heterocycles. The lowest BCUT2D eigenvalue weighted by atomic mass is 10.1. The summed E-state index contributed by atoms with van der Waals surface area (Å²) in [5.41, 5.74) is 2.58. The first-order valence-corrected chi connectivity index (χ1v) is 11.6. The minimum Gasteiger partial charge on any atom is -0.508 e. The van der Waals surface area contributed by atoms with Crippen LogP contribution in [0.3, 0.4) is 0 Å². The lowest BCUT2D eigenvalue weighted by Crippen LogP contribution is -2.28. The van der Waals surface area contributed by atoms with Crippen LogP contribution >= 0.6 is 0 Å². The maximum atomic E-state index is 13.0. The van der Waals surface area contributed by atoms with Crippen molar-refractivity contribution in [1.29, 1.82) is 0 Å². The van der Waals surface area contributed by atoms with Gasteiger partial charge in [-0.15, -0.1) is 0 Å². The van der Waals surface area contributed by atoms with Gasteiger partial charge in [-0.2, -0.15) is 0 Å². The molecule has 182 valence electrons. The number of phenolic OH excluding ortho intramolecular Hbond substituents is 1. The molecule has 0 bridgehead atoms. The number of methoxy groups -OCH3 is 1. The fraction of sp³-hybridized carbons (Fsp3) is 0.259. The molecule has 0 spiro atoms. The third-order valence-corrected chi connectivity index (χ3v) is 6.06. The molecule has 2 amide bonds. The molecule has 1 saturated heterocycles. The molecule has 8 heteroatoms. The first-order chi connectivity index (χ1) is 16.9. The van der Waals surface area contributed by atoms with Gasteiger partial charge in [-0.1, -0.05) is 0 Å². The summed E-state index contributed by atoms with van der Waals surface area (Å²) in [6.45, 7) is 4.00. The van der Waals surface area contributed by atoms with Crippen LogP contribution in [0, 0.1) is 0 Å². The van der Waals surface area contributed by atoms with E-state index in [0.29, 0.717) is 17.0 Å². The smallest absolute Gasteiger partial charge is 0.257 e. The Kier molecular flexibility index (Phi) is 7.52. The van der Waals surface area contributed by atoms with Gasteiger partial charge in [0.15, 0.2) is 0 Å². The molecule has 1 heterocycles. The van der Waals surface area contributed by atoms with Crippen molar-refractivity contribution >= 4 is 28.9 Å². The standard InChI is InChI=1S/C27H30N4O4/c1-30-14-3-15-31(17-16-30)21-8-4-19(5-9-21)26(33)29-25-18-22(32)10-13-24(25)27(34)28-20-6-11-23(35-2)12-7-20/h4-13,18,32H,3,14-17H2,1-2H3,(H,28,34)(H,29,33). The van der Waals surface area contributed by atoms with E-state index in [1.165, 1.54) is 18.2 Å². The number of anilines is 3. The summed E-state index contributed by atoms with van der Waals surface area (Å²) in [7, 11) is 3.70. The number of nitrogens with one attached hydrogen (secondary N) is 2. The zero-order valence-corrected chi connectivity index (χ0v) is 20.0. The SMILES string of the molecule is COc1ccc(NC(=O)c2ccc(O)cc2NC(=O)c2ccc(N3CCCN(C)CC3)cc2)cc1. The normalized spacial score (nSPS) is 14.2. The number of nitrogens with zero attached hydrogens (tertiary/aromatic N) is 2. The molecule has 1 aliphatic rings. The number of rotatable bonds is 6. The fourth-order valence-corrected chi connectivity index (χ4v) is 4.03. The van der Waals surface area contributed by atoms with Crippen LogP contribution in [-0.2, 0) is 0 Å². The number of amides is 2. The van der Waals surface area contributed by atoms with Crippen molar-refractivity contribution < 1.29 is 19.4 Å². The van der Waals surface area contributed by atoms with Crippen LogP contribution in [0.15, 0.2) is 66.7 Å². The third-order valence-electron chi connectivity index (χ3n) is 6.06. The van der Waals surface area contributed by atoms with E-state index in [2.05, 4.69) is 27.5 Å².